The first-order valence-corrected chi connectivity index (χ1v) is 7.66. The number of halogens is 1. The number of benzene rings is 1. The number of para-hydroxylation sites is 1. The topological polar surface area (TPSA) is 84.5 Å². The molecule has 0 fully saturated rings. The van der Waals surface area contributed by atoms with Crippen LogP contribution in [-0.4, -0.2) is 24.5 Å². The van der Waals surface area contributed by atoms with Gasteiger partial charge in [-0.3, -0.25) is 10.1 Å². The quantitative estimate of drug-likeness (QED) is 0.643. The zero-order valence-corrected chi connectivity index (χ0v) is 13.1. The van der Waals surface area contributed by atoms with Crippen LogP contribution < -0.4 is 10.6 Å². The minimum absolute atomic E-state index is 0.0707. The molecule has 2 aromatic rings. The van der Waals surface area contributed by atoms with Gasteiger partial charge in [0.15, 0.2) is 6.61 Å². The molecule has 0 saturated heterocycles. The minimum atomic E-state index is -0.921. The van der Waals surface area contributed by atoms with Gasteiger partial charge in [0, 0.05) is 11.0 Å². The van der Waals surface area contributed by atoms with E-state index in [1.807, 2.05) is 22.8 Å². The highest BCUT2D eigenvalue weighted by Gasteiger charge is 2.11. The van der Waals surface area contributed by atoms with E-state index in [0.717, 1.165) is 4.88 Å². The van der Waals surface area contributed by atoms with Gasteiger partial charge in [-0.2, -0.15) is 0 Å². The average Bonchev–Trinajstić information content (AvgIpc) is 3.06. The average molecular weight is 348 g/mol. The number of rotatable bonds is 5. The number of amides is 3. The third-order valence-electron chi connectivity index (χ3n) is 2.65. The van der Waals surface area contributed by atoms with E-state index in [-0.39, 0.29) is 5.69 Å². The van der Waals surface area contributed by atoms with Gasteiger partial charge in [0.1, 0.15) is 5.82 Å². The summed E-state index contributed by atoms with van der Waals surface area (Å²) in [6.45, 7) is -0.627. The van der Waals surface area contributed by atoms with Gasteiger partial charge in [0.05, 0.1) is 5.69 Å². The first kappa shape index (κ1) is 17.4. The number of hydrogen-bond donors (Lipinski definition) is 2. The number of carbonyl (C=O) groups is 3. The van der Waals surface area contributed by atoms with Crippen molar-refractivity contribution in [2.75, 3.05) is 11.9 Å². The Labute approximate surface area is 140 Å². The van der Waals surface area contributed by atoms with Gasteiger partial charge in [0.2, 0.25) is 0 Å². The van der Waals surface area contributed by atoms with E-state index in [4.69, 9.17) is 0 Å². The van der Waals surface area contributed by atoms with Crippen LogP contribution in [0.5, 0.6) is 0 Å². The van der Waals surface area contributed by atoms with Gasteiger partial charge < -0.3 is 10.1 Å². The predicted molar refractivity (Wildman–Crippen MR) is 87.9 cm³/mol. The number of carbonyl (C=O) groups excluding carboxylic acids is 3. The summed E-state index contributed by atoms with van der Waals surface area (Å²) in [5.74, 6) is -2.18. The molecule has 0 aliphatic rings. The molecule has 3 amide bonds. The molecule has 124 valence electrons. The lowest BCUT2D eigenvalue weighted by atomic mass is 10.3. The SMILES string of the molecule is O=C(COC(=O)C=Cc1cccs1)NC(=O)Nc1ccccc1F. The van der Waals surface area contributed by atoms with Gasteiger partial charge >= 0.3 is 12.0 Å². The number of imide groups is 1. The fourth-order valence-electron chi connectivity index (χ4n) is 1.60. The Morgan fingerprint density at radius 1 is 1.17 bits per heavy atom. The number of thiophene rings is 1. The van der Waals surface area contributed by atoms with Crippen LogP contribution in [0.3, 0.4) is 0 Å². The zero-order chi connectivity index (χ0) is 17.4. The maximum absolute atomic E-state index is 13.3. The Hall–Kier alpha value is -3.00. The van der Waals surface area contributed by atoms with Crippen molar-refractivity contribution in [2.45, 2.75) is 0 Å². The van der Waals surface area contributed by atoms with E-state index in [1.54, 1.807) is 6.08 Å². The van der Waals surface area contributed by atoms with Crippen LogP contribution in [0, 0.1) is 5.82 Å². The van der Waals surface area contributed by atoms with E-state index in [9.17, 15) is 18.8 Å². The van der Waals surface area contributed by atoms with Gasteiger partial charge in [-0.25, -0.2) is 14.0 Å². The van der Waals surface area contributed by atoms with Crippen LogP contribution in [0.1, 0.15) is 4.88 Å². The van der Waals surface area contributed by atoms with Crippen LogP contribution in [0.2, 0.25) is 0 Å². The number of nitrogens with one attached hydrogen (secondary N) is 2. The second kappa shape index (κ2) is 8.59. The molecule has 0 spiro atoms. The standard InChI is InChI=1S/C16H13FN2O4S/c17-12-5-1-2-6-13(12)18-16(22)19-14(20)10-23-15(21)8-7-11-4-3-9-24-11/h1-9H,10H2,(H2,18,19,20,22). The normalized spacial score (nSPS) is 10.4. The van der Waals surface area contributed by atoms with E-state index in [2.05, 4.69) is 10.1 Å². The van der Waals surface area contributed by atoms with Crippen molar-refractivity contribution >= 4 is 41.0 Å². The molecule has 6 nitrogen and oxygen atoms in total. The number of urea groups is 1. The van der Waals surface area contributed by atoms with E-state index >= 15 is 0 Å². The molecule has 0 radical (unpaired) electrons. The highest BCUT2D eigenvalue weighted by molar-refractivity contribution is 7.10. The summed E-state index contributed by atoms with van der Waals surface area (Å²) in [6.07, 6.45) is 2.73. The van der Waals surface area contributed by atoms with Crippen molar-refractivity contribution in [1.82, 2.24) is 5.32 Å². The third-order valence-corrected chi connectivity index (χ3v) is 3.48. The van der Waals surface area contributed by atoms with Crippen molar-refractivity contribution in [3.63, 3.8) is 0 Å². The summed E-state index contributed by atoms with van der Waals surface area (Å²) in [4.78, 5) is 35.3. The summed E-state index contributed by atoms with van der Waals surface area (Å²) in [5, 5.41) is 5.95. The summed E-state index contributed by atoms with van der Waals surface area (Å²) in [6, 6.07) is 8.23. The predicted octanol–water partition coefficient (Wildman–Crippen LogP) is 2.79. The fourth-order valence-corrected chi connectivity index (χ4v) is 2.22. The second-order valence-electron chi connectivity index (χ2n) is 4.44. The highest BCUT2D eigenvalue weighted by Crippen LogP contribution is 2.12. The number of anilines is 1. The molecule has 1 heterocycles. The van der Waals surface area contributed by atoms with Crippen LogP contribution in [0.4, 0.5) is 14.9 Å². The largest absolute Gasteiger partial charge is 0.452 e. The lowest BCUT2D eigenvalue weighted by Crippen LogP contribution is -2.37. The van der Waals surface area contributed by atoms with Crippen LogP contribution in [0.15, 0.2) is 47.9 Å². The number of hydrogen-bond acceptors (Lipinski definition) is 5. The summed E-state index contributed by atoms with van der Waals surface area (Å²) < 4.78 is 18.0. The van der Waals surface area contributed by atoms with Crippen LogP contribution in [0.25, 0.3) is 6.08 Å². The van der Waals surface area contributed by atoms with Crippen molar-refractivity contribution in [2.24, 2.45) is 0 Å². The van der Waals surface area contributed by atoms with Crippen molar-refractivity contribution in [3.8, 4) is 0 Å². The second-order valence-corrected chi connectivity index (χ2v) is 5.42. The molecular formula is C16H13FN2O4S. The smallest absolute Gasteiger partial charge is 0.331 e. The van der Waals surface area contributed by atoms with Crippen LogP contribution in [-0.2, 0) is 14.3 Å². The summed E-state index contributed by atoms with van der Waals surface area (Å²) in [5.41, 5.74) is -0.0707. The molecule has 0 aliphatic heterocycles. The van der Waals surface area contributed by atoms with Crippen molar-refractivity contribution in [3.05, 3.63) is 58.5 Å². The molecule has 24 heavy (non-hydrogen) atoms. The maximum atomic E-state index is 13.3. The minimum Gasteiger partial charge on any atom is -0.452 e. The molecule has 2 N–H and O–H groups in total. The molecule has 0 unspecified atom stereocenters. The van der Waals surface area contributed by atoms with Crippen LogP contribution >= 0.6 is 11.3 Å². The number of esters is 1. The molecule has 0 bridgehead atoms. The summed E-state index contributed by atoms with van der Waals surface area (Å²) >= 11 is 1.44. The maximum Gasteiger partial charge on any atom is 0.331 e. The lowest BCUT2D eigenvalue weighted by molar-refractivity contribution is -0.143. The molecule has 0 atom stereocenters. The van der Waals surface area contributed by atoms with E-state index in [1.165, 1.54) is 41.7 Å². The molecule has 1 aromatic heterocycles. The molecule has 0 saturated carbocycles. The first-order valence-electron chi connectivity index (χ1n) is 6.78. The van der Waals surface area contributed by atoms with Gasteiger partial charge in [-0.15, -0.1) is 11.3 Å². The summed E-state index contributed by atoms with van der Waals surface area (Å²) in [7, 11) is 0. The van der Waals surface area contributed by atoms with Gasteiger partial charge in [-0.1, -0.05) is 18.2 Å². The van der Waals surface area contributed by atoms with E-state index in [0.29, 0.717) is 0 Å². The Morgan fingerprint density at radius 3 is 2.67 bits per heavy atom. The van der Waals surface area contributed by atoms with Gasteiger partial charge in [-0.05, 0) is 29.7 Å². The third kappa shape index (κ3) is 5.65. The Balaban J connectivity index is 1.73. The number of ether oxygens (including phenoxy) is 1. The van der Waals surface area contributed by atoms with Gasteiger partial charge in [0.25, 0.3) is 5.91 Å². The van der Waals surface area contributed by atoms with Crippen molar-refractivity contribution < 1.29 is 23.5 Å². The molecule has 0 aliphatic carbocycles. The molecular weight excluding hydrogens is 335 g/mol. The van der Waals surface area contributed by atoms with Crippen molar-refractivity contribution in [1.29, 1.82) is 0 Å². The molecule has 8 heteroatoms. The lowest BCUT2D eigenvalue weighted by Gasteiger charge is -2.07. The monoisotopic (exact) mass is 348 g/mol. The molecule has 1 aromatic carbocycles. The Bertz CT molecular complexity index is 759. The first-order chi connectivity index (χ1) is 11.5. The fraction of sp³-hybridized carbons (Fsp3) is 0.0625. The zero-order valence-electron chi connectivity index (χ0n) is 12.3. The Morgan fingerprint density at radius 2 is 1.96 bits per heavy atom. The van der Waals surface area contributed by atoms with E-state index < -0.39 is 30.3 Å². The highest BCUT2D eigenvalue weighted by atomic mass is 32.1. The molecule has 2 rings (SSSR count). The Kier molecular flexibility index (Phi) is 6.21.